The van der Waals surface area contributed by atoms with E-state index in [-0.39, 0.29) is 24.8 Å². The van der Waals surface area contributed by atoms with Gasteiger partial charge in [-0.2, -0.15) is 0 Å². The lowest BCUT2D eigenvalue weighted by Gasteiger charge is -2.19. The van der Waals surface area contributed by atoms with Crippen molar-refractivity contribution in [3.8, 4) is 0 Å². The van der Waals surface area contributed by atoms with Crippen molar-refractivity contribution in [1.82, 2.24) is 4.90 Å². The molecule has 0 aliphatic carbocycles. The smallest absolute Gasteiger partial charge is 0.0190 e. The zero-order valence-electron chi connectivity index (χ0n) is 7.70. The van der Waals surface area contributed by atoms with Gasteiger partial charge >= 0.3 is 0 Å². The van der Waals surface area contributed by atoms with Crippen molar-refractivity contribution in [2.75, 3.05) is 20.6 Å². The normalized spacial score (nSPS) is 12.3. The molecular formula is C7H20Cl2N2. The van der Waals surface area contributed by atoms with Gasteiger partial charge in [0.05, 0.1) is 0 Å². The van der Waals surface area contributed by atoms with E-state index in [1.165, 1.54) is 0 Å². The minimum Gasteiger partial charge on any atom is -0.326 e. The first-order chi connectivity index (χ1) is 4.04. The van der Waals surface area contributed by atoms with Crippen molar-refractivity contribution in [1.29, 1.82) is 0 Å². The van der Waals surface area contributed by atoms with Crippen LogP contribution in [0.5, 0.6) is 0 Å². The molecule has 0 aromatic heterocycles. The van der Waals surface area contributed by atoms with E-state index in [0.717, 1.165) is 6.54 Å². The topological polar surface area (TPSA) is 29.3 Å². The highest BCUT2D eigenvalue weighted by Crippen LogP contribution is 1.97. The summed E-state index contributed by atoms with van der Waals surface area (Å²) in [6.45, 7) is 5.28. The first-order valence-corrected chi connectivity index (χ1v) is 3.44. The predicted octanol–water partition coefficient (Wildman–Crippen LogP) is 1.37. The monoisotopic (exact) mass is 202 g/mol. The van der Waals surface area contributed by atoms with Crippen LogP contribution < -0.4 is 5.73 Å². The van der Waals surface area contributed by atoms with E-state index >= 15 is 0 Å². The third kappa shape index (κ3) is 10.5. The lowest BCUT2D eigenvalue weighted by Crippen LogP contribution is -2.37. The standard InChI is InChI=1S/C7H18N2.2ClH/c1-6(2)7(8)5-9(3)4;;/h6-7H,5,8H2,1-4H3;2*1H/t7-;;/m0../s1. The number of halogens is 2. The first kappa shape index (κ1) is 17.5. The van der Waals surface area contributed by atoms with Crippen molar-refractivity contribution < 1.29 is 0 Å². The maximum Gasteiger partial charge on any atom is 0.0190 e. The maximum absolute atomic E-state index is 5.78. The van der Waals surface area contributed by atoms with Gasteiger partial charge in [-0.3, -0.25) is 0 Å². The lowest BCUT2D eigenvalue weighted by molar-refractivity contribution is 0.330. The van der Waals surface area contributed by atoms with E-state index in [9.17, 15) is 0 Å². The molecule has 0 bridgehead atoms. The summed E-state index contributed by atoms with van der Waals surface area (Å²) in [5, 5.41) is 0. The Morgan fingerprint density at radius 1 is 1.18 bits per heavy atom. The molecule has 11 heavy (non-hydrogen) atoms. The summed E-state index contributed by atoms with van der Waals surface area (Å²) in [7, 11) is 4.09. The molecular weight excluding hydrogens is 183 g/mol. The third-order valence-corrected chi connectivity index (χ3v) is 1.43. The molecule has 0 aromatic rings. The first-order valence-electron chi connectivity index (χ1n) is 3.44. The zero-order valence-corrected chi connectivity index (χ0v) is 9.34. The highest BCUT2D eigenvalue weighted by atomic mass is 35.5. The third-order valence-electron chi connectivity index (χ3n) is 1.43. The summed E-state index contributed by atoms with van der Waals surface area (Å²) in [5.74, 6) is 0.590. The summed E-state index contributed by atoms with van der Waals surface area (Å²) in [6.07, 6.45) is 0. The molecule has 2 N–H and O–H groups in total. The number of nitrogens with two attached hydrogens (primary N) is 1. The largest absolute Gasteiger partial charge is 0.326 e. The second-order valence-corrected chi connectivity index (χ2v) is 3.17. The minimum absolute atomic E-state index is 0. The number of likely N-dealkylation sites (N-methyl/N-ethyl adjacent to an activating group) is 1. The van der Waals surface area contributed by atoms with Gasteiger partial charge in [-0.1, -0.05) is 13.8 Å². The highest BCUT2D eigenvalue weighted by Gasteiger charge is 2.06. The average molecular weight is 203 g/mol. The van der Waals surface area contributed by atoms with Crippen LogP contribution in [0.4, 0.5) is 0 Å². The fourth-order valence-electron chi connectivity index (χ4n) is 0.632. The Hall–Kier alpha value is 0.500. The zero-order chi connectivity index (χ0) is 7.44. The summed E-state index contributed by atoms with van der Waals surface area (Å²) in [4.78, 5) is 2.12. The summed E-state index contributed by atoms with van der Waals surface area (Å²) < 4.78 is 0. The molecule has 0 unspecified atom stereocenters. The Bertz CT molecular complexity index is 76.8. The van der Waals surface area contributed by atoms with Crippen LogP contribution in [-0.2, 0) is 0 Å². The Kier molecular flexibility index (Phi) is 13.7. The summed E-state index contributed by atoms with van der Waals surface area (Å²) >= 11 is 0. The van der Waals surface area contributed by atoms with E-state index in [4.69, 9.17) is 5.73 Å². The lowest BCUT2D eigenvalue weighted by atomic mass is 10.1. The number of rotatable bonds is 3. The molecule has 0 rings (SSSR count). The van der Waals surface area contributed by atoms with Crippen molar-refractivity contribution >= 4 is 24.8 Å². The molecule has 0 spiro atoms. The summed E-state index contributed by atoms with van der Waals surface area (Å²) in [5.41, 5.74) is 5.78. The van der Waals surface area contributed by atoms with Gasteiger partial charge in [-0.25, -0.2) is 0 Å². The molecule has 0 saturated heterocycles. The fourth-order valence-corrected chi connectivity index (χ4v) is 0.632. The van der Waals surface area contributed by atoms with Crippen molar-refractivity contribution in [2.45, 2.75) is 19.9 Å². The van der Waals surface area contributed by atoms with Crippen LogP contribution in [0.25, 0.3) is 0 Å². The molecule has 0 heterocycles. The Morgan fingerprint density at radius 2 is 1.55 bits per heavy atom. The van der Waals surface area contributed by atoms with Crippen LogP contribution in [0.2, 0.25) is 0 Å². The molecule has 4 heteroatoms. The molecule has 0 radical (unpaired) electrons. The minimum atomic E-state index is 0. The van der Waals surface area contributed by atoms with Crippen LogP contribution in [0, 0.1) is 5.92 Å². The van der Waals surface area contributed by atoms with Crippen LogP contribution >= 0.6 is 24.8 Å². The molecule has 1 atom stereocenters. The molecule has 0 aliphatic heterocycles. The van der Waals surface area contributed by atoms with E-state index in [0.29, 0.717) is 12.0 Å². The van der Waals surface area contributed by atoms with Gasteiger partial charge in [0.1, 0.15) is 0 Å². The Morgan fingerprint density at radius 3 is 1.64 bits per heavy atom. The van der Waals surface area contributed by atoms with Crippen molar-refractivity contribution in [2.24, 2.45) is 11.7 Å². The van der Waals surface area contributed by atoms with Gasteiger partial charge in [-0.05, 0) is 20.0 Å². The second kappa shape index (κ2) is 8.60. The average Bonchev–Trinajstić information content (AvgIpc) is 1.63. The number of hydrogen-bond acceptors (Lipinski definition) is 2. The van der Waals surface area contributed by atoms with Crippen LogP contribution in [0.1, 0.15) is 13.8 Å². The van der Waals surface area contributed by atoms with Gasteiger partial charge in [0, 0.05) is 12.6 Å². The number of hydrogen-bond donors (Lipinski definition) is 1. The van der Waals surface area contributed by atoms with Gasteiger partial charge in [-0.15, -0.1) is 24.8 Å². The Balaban J connectivity index is -0.000000320. The van der Waals surface area contributed by atoms with Crippen LogP contribution in [0.15, 0.2) is 0 Å². The SMILES string of the molecule is CC(C)[C@@H](N)CN(C)C.Cl.Cl. The summed E-state index contributed by atoms with van der Waals surface area (Å²) in [6, 6.07) is 0.319. The Labute approximate surface area is 82.3 Å². The second-order valence-electron chi connectivity index (χ2n) is 3.17. The quantitative estimate of drug-likeness (QED) is 0.750. The molecule has 2 nitrogen and oxygen atoms in total. The highest BCUT2D eigenvalue weighted by molar-refractivity contribution is 5.85. The van der Waals surface area contributed by atoms with E-state index in [1.807, 2.05) is 14.1 Å². The molecule has 0 amide bonds. The van der Waals surface area contributed by atoms with E-state index < -0.39 is 0 Å². The van der Waals surface area contributed by atoms with Crippen molar-refractivity contribution in [3.63, 3.8) is 0 Å². The molecule has 0 saturated carbocycles. The molecule has 0 aromatic carbocycles. The maximum atomic E-state index is 5.78. The molecule has 0 fully saturated rings. The van der Waals surface area contributed by atoms with Crippen molar-refractivity contribution in [3.05, 3.63) is 0 Å². The molecule has 0 aliphatic rings. The van der Waals surface area contributed by atoms with Gasteiger partial charge < -0.3 is 10.6 Å². The van der Waals surface area contributed by atoms with Gasteiger partial charge in [0.2, 0.25) is 0 Å². The predicted molar refractivity (Wildman–Crippen MR) is 55.9 cm³/mol. The van der Waals surface area contributed by atoms with E-state index in [2.05, 4.69) is 18.7 Å². The fraction of sp³-hybridized carbons (Fsp3) is 1.00. The van der Waals surface area contributed by atoms with Gasteiger partial charge in [0.25, 0.3) is 0 Å². The van der Waals surface area contributed by atoms with Gasteiger partial charge in [0.15, 0.2) is 0 Å². The van der Waals surface area contributed by atoms with Crippen LogP contribution in [0.3, 0.4) is 0 Å². The number of nitrogens with zero attached hydrogens (tertiary/aromatic N) is 1. The molecule has 72 valence electrons. The van der Waals surface area contributed by atoms with Crippen LogP contribution in [-0.4, -0.2) is 31.6 Å². The van der Waals surface area contributed by atoms with E-state index in [1.54, 1.807) is 0 Å².